The SMILES string of the molecule is Nc1nc(-c2ccc(NC(=O)NCc3ccc(F)cc3)cc2)cs1. The van der Waals surface area contributed by atoms with Crippen LogP contribution in [0.1, 0.15) is 5.56 Å². The van der Waals surface area contributed by atoms with Gasteiger partial charge in [0.1, 0.15) is 5.82 Å². The number of carbonyl (C=O) groups excluding carboxylic acids is 1. The molecule has 0 bridgehead atoms. The number of halogens is 1. The molecule has 0 radical (unpaired) electrons. The molecule has 24 heavy (non-hydrogen) atoms. The molecule has 3 aromatic rings. The summed E-state index contributed by atoms with van der Waals surface area (Å²) in [4.78, 5) is 16.1. The van der Waals surface area contributed by atoms with Crippen LogP contribution in [0.15, 0.2) is 53.9 Å². The minimum atomic E-state index is -0.329. The second kappa shape index (κ2) is 7.10. The van der Waals surface area contributed by atoms with Gasteiger partial charge in [0.25, 0.3) is 0 Å². The van der Waals surface area contributed by atoms with Gasteiger partial charge in [0.2, 0.25) is 0 Å². The van der Waals surface area contributed by atoms with E-state index in [1.165, 1.54) is 23.5 Å². The summed E-state index contributed by atoms with van der Waals surface area (Å²) >= 11 is 1.38. The Morgan fingerprint density at radius 2 is 1.83 bits per heavy atom. The van der Waals surface area contributed by atoms with Gasteiger partial charge in [0.05, 0.1) is 5.69 Å². The third kappa shape index (κ3) is 4.08. The lowest BCUT2D eigenvalue weighted by atomic mass is 10.1. The maximum absolute atomic E-state index is 12.8. The van der Waals surface area contributed by atoms with Gasteiger partial charge in [-0.1, -0.05) is 24.3 Å². The third-order valence-electron chi connectivity index (χ3n) is 3.33. The Balaban J connectivity index is 1.55. The number of nitrogens with one attached hydrogen (secondary N) is 2. The lowest BCUT2D eigenvalue weighted by molar-refractivity contribution is 0.251. The molecule has 0 saturated carbocycles. The van der Waals surface area contributed by atoms with E-state index in [-0.39, 0.29) is 11.8 Å². The van der Waals surface area contributed by atoms with E-state index in [0.717, 1.165) is 16.8 Å². The zero-order valence-corrected chi connectivity index (χ0v) is 13.4. The van der Waals surface area contributed by atoms with Crippen molar-refractivity contribution in [2.75, 3.05) is 11.1 Å². The largest absolute Gasteiger partial charge is 0.375 e. The highest BCUT2D eigenvalue weighted by atomic mass is 32.1. The van der Waals surface area contributed by atoms with Crippen molar-refractivity contribution < 1.29 is 9.18 Å². The van der Waals surface area contributed by atoms with Crippen LogP contribution in [0.5, 0.6) is 0 Å². The van der Waals surface area contributed by atoms with Crippen LogP contribution < -0.4 is 16.4 Å². The van der Waals surface area contributed by atoms with Crippen molar-refractivity contribution in [2.45, 2.75) is 6.54 Å². The Kier molecular flexibility index (Phi) is 4.72. The summed E-state index contributed by atoms with van der Waals surface area (Å²) in [6.45, 7) is 0.322. The summed E-state index contributed by atoms with van der Waals surface area (Å²) in [5, 5.41) is 7.86. The van der Waals surface area contributed by atoms with Crippen molar-refractivity contribution in [3.05, 3.63) is 65.3 Å². The number of nitrogens with zero attached hydrogens (tertiary/aromatic N) is 1. The monoisotopic (exact) mass is 342 g/mol. The zero-order valence-electron chi connectivity index (χ0n) is 12.6. The number of rotatable bonds is 4. The maximum Gasteiger partial charge on any atom is 0.319 e. The highest BCUT2D eigenvalue weighted by Crippen LogP contribution is 2.24. The average molecular weight is 342 g/mol. The smallest absolute Gasteiger partial charge is 0.319 e. The second-order valence-corrected chi connectivity index (χ2v) is 5.97. The van der Waals surface area contributed by atoms with Gasteiger partial charge in [-0.25, -0.2) is 14.2 Å². The van der Waals surface area contributed by atoms with Crippen LogP contribution >= 0.6 is 11.3 Å². The molecule has 3 rings (SSSR count). The maximum atomic E-state index is 12.8. The quantitative estimate of drug-likeness (QED) is 0.674. The van der Waals surface area contributed by atoms with Crippen LogP contribution in [0.4, 0.5) is 20.0 Å². The molecular formula is C17H15FN4OS. The van der Waals surface area contributed by atoms with E-state index in [1.54, 1.807) is 24.3 Å². The molecule has 7 heteroatoms. The van der Waals surface area contributed by atoms with Crippen molar-refractivity contribution in [2.24, 2.45) is 0 Å². The van der Waals surface area contributed by atoms with Crippen molar-refractivity contribution in [1.82, 2.24) is 10.3 Å². The molecule has 0 aliphatic carbocycles. The van der Waals surface area contributed by atoms with Gasteiger partial charge < -0.3 is 16.4 Å². The summed E-state index contributed by atoms with van der Waals surface area (Å²) in [6, 6.07) is 13.0. The van der Waals surface area contributed by atoms with E-state index in [2.05, 4.69) is 15.6 Å². The molecule has 1 aromatic heterocycles. The molecule has 1 heterocycles. The van der Waals surface area contributed by atoms with E-state index in [9.17, 15) is 9.18 Å². The number of anilines is 2. The van der Waals surface area contributed by atoms with E-state index in [0.29, 0.717) is 17.4 Å². The van der Waals surface area contributed by atoms with E-state index < -0.39 is 0 Å². The van der Waals surface area contributed by atoms with Crippen molar-refractivity contribution >= 4 is 28.2 Å². The highest BCUT2D eigenvalue weighted by Gasteiger charge is 2.05. The molecule has 5 nitrogen and oxygen atoms in total. The number of hydrogen-bond acceptors (Lipinski definition) is 4. The summed E-state index contributed by atoms with van der Waals surface area (Å²) < 4.78 is 12.8. The molecular weight excluding hydrogens is 327 g/mol. The molecule has 2 amide bonds. The number of amides is 2. The van der Waals surface area contributed by atoms with Crippen molar-refractivity contribution in [1.29, 1.82) is 0 Å². The predicted octanol–water partition coefficient (Wildman–Crippen LogP) is 3.85. The number of carbonyl (C=O) groups is 1. The van der Waals surface area contributed by atoms with Gasteiger partial charge >= 0.3 is 6.03 Å². The molecule has 0 unspecified atom stereocenters. The molecule has 0 saturated heterocycles. The minimum absolute atomic E-state index is 0.301. The van der Waals surface area contributed by atoms with Crippen LogP contribution in [-0.2, 0) is 6.54 Å². The first-order valence-corrected chi connectivity index (χ1v) is 8.09. The molecule has 0 spiro atoms. The fourth-order valence-corrected chi connectivity index (χ4v) is 2.68. The first-order valence-electron chi connectivity index (χ1n) is 7.21. The van der Waals surface area contributed by atoms with Gasteiger partial charge in [-0.15, -0.1) is 11.3 Å². The number of nitrogen functional groups attached to an aromatic ring is 1. The van der Waals surface area contributed by atoms with Gasteiger partial charge in [-0.3, -0.25) is 0 Å². The van der Waals surface area contributed by atoms with Gasteiger partial charge in [0, 0.05) is 23.2 Å². The summed E-state index contributed by atoms with van der Waals surface area (Å²) in [5.41, 5.74) is 8.85. The number of aromatic nitrogens is 1. The molecule has 0 atom stereocenters. The third-order valence-corrected chi connectivity index (χ3v) is 4.00. The lowest BCUT2D eigenvalue weighted by Gasteiger charge is -2.08. The minimum Gasteiger partial charge on any atom is -0.375 e. The number of hydrogen-bond donors (Lipinski definition) is 3. The second-order valence-electron chi connectivity index (χ2n) is 5.08. The first kappa shape index (κ1) is 15.9. The Morgan fingerprint density at radius 3 is 2.46 bits per heavy atom. The zero-order chi connectivity index (χ0) is 16.9. The van der Waals surface area contributed by atoms with Crippen LogP contribution in [0.3, 0.4) is 0 Å². The van der Waals surface area contributed by atoms with Gasteiger partial charge in [0.15, 0.2) is 5.13 Å². The van der Waals surface area contributed by atoms with Crippen LogP contribution in [0.25, 0.3) is 11.3 Å². The molecule has 0 fully saturated rings. The van der Waals surface area contributed by atoms with Gasteiger partial charge in [-0.2, -0.15) is 0 Å². The highest BCUT2D eigenvalue weighted by molar-refractivity contribution is 7.13. The Bertz CT molecular complexity index is 831. The van der Waals surface area contributed by atoms with Crippen molar-refractivity contribution in [3.63, 3.8) is 0 Å². The standard InChI is InChI=1S/C17H15FN4OS/c18-13-5-1-11(2-6-13)9-20-17(23)21-14-7-3-12(4-8-14)15-10-24-16(19)22-15/h1-8,10H,9H2,(H2,19,22)(H2,20,21,23). The number of urea groups is 1. The molecule has 0 aliphatic rings. The summed E-state index contributed by atoms with van der Waals surface area (Å²) in [7, 11) is 0. The Hall–Kier alpha value is -2.93. The van der Waals surface area contributed by atoms with Crippen LogP contribution in [0.2, 0.25) is 0 Å². The Morgan fingerprint density at radius 1 is 1.12 bits per heavy atom. The van der Waals surface area contributed by atoms with E-state index >= 15 is 0 Å². The lowest BCUT2D eigenvalue weighted by Crippen LogP contribution is -2.28. The molecule has 0 aliphatic heterocycles. The first-order chi connectivity index (χ1) is 11.6. The number of benzene rings is 2. The topological polar surface area (TPSA) is 80.0 Å². The molecule has 2 aromatic carbocycles. The molecule has 122 valence electrons. The predicted molar refractivity (Wildman–Crippen MR) is 94.2 cm³/mol. The van der Waals surface area contributed by atoms with Crippen LogP contribution in [-0.4, -0.2) is 11.0 Å². The van der Waals surface area contributed by atoms with E-state index in [4.69, 9.17) is 5.73 Å². The number of thiazole rings is 1. The molecule has 4 N–H and O–H groups in total. The van der Waals surface area contributed by atoms with Crippen molar-refractivity contribution in [3.8, 4) is 11.3 Å². The Labute approximate surface area is 142 Å². The van der Waals surface area contributed by atoms with Crippen LogP contribution in [0, 0.1) is 5.82 Å². The van der Waals surface area contributed by atoms with E-state index in [1.807, 2.05) is 17.5 Å². The normalized spacial score (nSPS) is 10.4. The fraction of sp³-hybridized carbons (Fsp3) is 0.0588. The number of nitrogens with two attached hydrogens (primary N) is 1. The summed E-state index contributed by atoms with van der Waals surface area (Å²) in [5.74, 6) is -0.301. The summed E-state index contributed by atoms with van der Waals surface area (Å²) in [6.07, 6.45) is 0. The van der Waals surface area contributed by atoms with Gasteiger partial charge in [-0.05, 0) is 29.8 Å². The average Bonchev–Trinajstić information content (AvgIpc) is 3.01. The fourth-order valence-electron chi connectivity index (χ4n) is 2.10.